The molecule has 1 rings (SSSR count). The van der Waals surface area contributed by atoms with Crippen molar-refractivity contribution < 1.29 is 17.2 Å². The lowest BCUT2D eigenvalue weighted by molar-refractivity contribution is 0.153. The molecule has 0 amide bonds. The summed E-state index contributed by atoms with van der Waals surface area (Å²) in [6.07, 6.45) is -1.73. The fourth-order valence-electron chi connectivity index (χ4n) is 0.807. The zero-order valence-corrected chi connectivity index (χ0v) is 8.34. The van der Waals surface area contributed by atoms with Crippen LogP contribution in [0.5, 0.6) is 0 Å². The number of hydrogen-bond donors (Lipinski definition) is 2. The summed E-state index contributed by atoms with van der Waals surface area (Å²) in [5.41, 5.74) is 5.25. The normalized spacial score (nSPS) is 11.9. The first-order valence-electron chi connectivity index (χ1n) is 3.91. The highest BCUT2D eigenvalue weighted by Gasteiger charge is 2.16. The standard InChI is InChI=1S/C7H9F2N3O2S/c8-6(9)4-12-15(13,14)5-1-2-7(10)11-3-5/h1-3,6,12H,4H2,(H2,10,11). The molecule has 8 heteroatoms. The summed E-state index contributed by atoms with van der Waals surface area (Å²) in [5, 5.41) is 0. The number of hydrogen-bond acceptors (Lipinski definition) is 4. The number of rotatable bonds is 4. The Balaban J connectivity index is 2.82. The van der Waals surface area contributed by atoms with Crippen molar-refractivity contribution in [1.29, 1.82) is 0 Å². The number of nitrogen functional groups attached to an aromatic ring is 1. The smallest absolute Gasteiger partial charge is 0.251 e. The van der Waals surface area contributed by atoms with E-state index in [0.717, 1.165) is 6.20 Å². The fraction of sp³-hybridized carbons (Fsp3) is 0.286. The van der Waals surface area contributed by atoms with E-state index in [9.17, 15) is 17.2 Å². The molecule has 0 aromatic carbocycles. The van der Waals surface area contributed by atoms with E-state index in [-0.39, 0.29) is 10.7 Å². The van der Waals surface area contributed by atoms with Gasteiger partial charge < -0.3 is 5.73 Å². The van der Waals surface area contributed by atoms with Gasteiger partial charge in [-0.2, -0.15) is 0 Å². The molecule has 0 fully saturated rings. The van der Waals surface area contributed by atoms with E-state index >= 15 is 0 Å². The Morgan fingerprint density at radius 2 is 2.13 bits per heavy atom. The van der Waals surface area contributed by atoms with E-state index < -0.39 is 23.0 Å². The lowest BCUT2D eigenvalue weighted by atomic mass is 10.5. The van der Waals surface area contributed by atoms with Crippen molar-refractivity contribution in [3.8, 4) is 0 Å². The van der Waals surface area contributed by atoms with Gasteiger partial charge in [0, 0.05) is 6.20 Å². The number of nitrogens with one attached hydrogen (secondary N) is 1. The molecule has 0 saturated carbocycles. The molecule has 84 valence electrons. The van der Waals surface area contributed by atoms with Crippen LogP contribution < -0.4 is 10.5 Å². The van der Waals surface area contributed by atoms with Crippen molar-refractivity contribution in [2.24, 2.45) is 0 Å². The van der Waals surface area contributed by atoms with Crippen molar-refractivity contribution in [3.63, 3.8) is 0 Å². The number of nitrogens with zero attached hydrogens (tertiary/aromatic N) is 1. The molecule has 0 spiro atoms. The third-order valence-electron chi connectivity index (χ3n) is 1.50. The van der Waals surface area contributed by atoms with Gasteiger partial charge in [-0.15, -0.1) is 0 Å². The Hall–Kier alpha value is -1.28. The lowest BCUT2D eigenvalue weighted by Gasteiger charge is -2.05. The van der Waals surface area contributed by atoms with Crippen LogP contribution in [0, 0.1) is 0 Å². The predicted molar refractivity (Wildman–Crippen MR) is 49.8 cm³/mol. The van der Waals surface area contributed by atoms with Crippen LogP contribution >= 0.6 is 0 Å². The van der Waals surface area contributed by atoms with E-state index in [1.165, 1.54) is 12.1 Å². The van der Waals surface area contributed by atoms with Gasteiger partial charge >= 0.3 is 0 Å². The lowest BCUT2D eigenvalue weighted by Crippen LogP contribution is -2.28. The van der Waals surface area contributed by atoms with Gasteiger partial charge in [-0.3, -0.25) is 0 Å². The number of nitrogens with two attached hydrogens (primary N) is 1. The maximum Gasteiger partial charge on any atom is 0.251 e. The molecule has 0 bridgehead atoms. The minimum Gasteiger partial charge on any atom is -0.384 e. The van der Waals surface area contributed by atoms with Crippen LogP contribution in [-0.4, -0.2) is 26.4 Å². The van der Waals surface area contributed by atoms with E-state index in [4.69, 9.17) is 5.73 Å². The molecule has 0 saturated heterocycles. The van der Waals surface area contributed by atoms with Crippen molar-refractivity contribution >= 4 is 15.8 Å². The average Bonchev–Trinajstić information content (AvgIpc) is 2.16. The van der Waals surface area contributed by atoms with Crippen molar-refractivity contribution in [3.05, 3.63) is 18.3 Å². The third-order valence-corrected chi connectivity index (χ3v) is 2.91. The topological polar surface area (TPSA) is 85.1 Å². The molecule has 5 nitrogen and oxygen atoms in total. The first-order valence-corrected chi connectivity index (χ1v) is 5.39. The molecular weight excluding hydrogens is 228 g/mol. The van der Waals surface area contributed by atoms with Crippen molar-refractivity contribution in [2.75, 3.05) is 12.3 Å². The molecule has 1 heterocycles. The van der Waals surface area contributed by atoms with Crippen LogP contribution in [0.2, 0.25) is 0 Å². The summed E-state index contributed by atoms with van der Waals surface area (Å²) in [6.45, 7) is -0.924. The summed E-state index contributed by atoms with van der Waals surface area (Å²) >= 11 is 0. The summed E-state index contributed by atoms with van der Waals surface area (Å²) in [7, 11) is -3.92. The zero-order chi connectivity index (χ0) is 11.5. The van der Waals surface area contributed by atoms with Crippen LogP contribution in [0.1, 0.15) is 0 Å². The van der Waals surface area contributed by atoms with Gasteiger partial charge in [0.1, 0.15) is 10.7 Å². The Kier molecular flexibility index (Phi) is 3.53. The highest BCUT2D eigenvalue weighted by Crippen LogP contribution is 2.08. The second-order valence-corrected chi connectivity index (χ2v) is 4.43. The van der Waals surface area contributed by atoms with Gasteiger partial charge in [-0.05, 0) is 12.1 Å². The van der Waals surface area contributed by atoms with Gasteiger partial charge in [0.25, 0.3) is 6.43 Å². The van der Waals surface area contributed by atoms with Gasteiger partial charge in [0.05, 0.1) is 6.54 Å². The highest BCUT2D eigenvalue weighted by molar-refractivity contribution is 7.89. The first kappa shape index (κ1) is 11.8. The summed E-state index contributed by atoms with van der Waals surface area (Å²) in [6, 6.07) is 2.47. The number of pyridine rings is 1. The van der Waals surface area contributed by atoms with Crippen LogP contribution in [0.15, 0.2) is 23.2 Å². The van der Waals surface area contributed by atoms with Crippen LogP contribution in [0.3, 0.4) is 0 Å². The van der Waals surface area contributed by atoms with Gasteiger partial charge in [-0.25, -0.2) is 26.9 Å². The van der Waals surface area contributed by atoms with Crippen molar-refractivity contribution in [2.45, 2.75) is 11.3 Å². The quantitative estimate of drug-likeness (QED) is 0.783. The largest absolute Gasteiger partial charge is 0.384 e. The maximum atomic E-state index is 11.8. The summed E-state index contributed by atoms with van der Waals surface area (Å²) < 4.78 is 47.9. The number of alkyl halides is 2. The molecule has 1 aromatic heterocycles. The fourth-order valence-corrected chi connectivity index (χ4v) is 1.76. The van der Waals surface area contributed by atoms with E-state index in [2.05, 4.69) is 4.98 Å². The maximum absolute atomic E-state index is 11.8. The molecule has 0 radical (unpaired) electrons. The summed E-state index contributed by atoms with van der Waals surface area (Å²) in [4.78, 5) is 3.35. The molecule has 15 heavy (non-hydrogen) atoms. The molecule has 0 aliphatic heterocycles. The van der Waals surface area contributed by atoms with E-state index in [0.29, 0.717) is 0 Å². The second kappa shape index (κ2) is 4.49. The predicted octanol–water partition coefficient (Wildman–Crippen LogP) is 0.207. The Bertz CT molecular complexity index is 418. The number of aromatic nitrogens is 1. The molecule has 0 aliphatic carbocycles. The molecule has 3 N–H and O–H groups in total. The minimum absolute atomic E-state index is 0.155. The zero-order valence-electron chi connectivity index (χ0n) is 7.52. The minimum atomic E-state index is -3.92. The second-order valence-electron chi connectivity index (χ2n) is 2.66. The summed E-state index contributed by atoms with van der Waals surface area (Å²) in [5.74, 6) is 0.155. The molecule has 1 aromatic rings. The number of sulfonamides is 1. The van der Waals surface area contributed by atoms with Crippen LogP contribution in [0.4, 0.5) is 14.6 Å². The van der Waals surface area contributed by atoms with Crippen molar-refractivity contribution in [1.82, 2.24) is 9.71 Å². The number of halogens is 2. The molecule has 0 aliphatic rings. The third kappa shape index (κ3) is 3.40. The van der Waals surface area contributed by atoms with Gasteiger partial charge in [0.15, 0.2) is 0 Å². The number of anilines is 1. The molecule has 0 atom stereocenters. The van der Waals surface area contributed by atoms with Gasteiger partial charge in [0.2, 0.25) is 10.0 Å². The Morgan fingerprint density at radius 3 is 2.60 bits per heavy atom. The van der Waals surface area contributed by atoms with Crippen LogP contribution in [0.25, 0.3) is 0 Å². The average molecular weight is 237 g/mol. The van der Waals surface area contributed by atoms with Crippen LogP contribution in [-0.2, 0) is 10.0 Å². The van der Waals surface area contributed by atoms with Gasteiger partial charge in [-0.1, -0.05) is 0 Å². The Labute approximate surface area is 85.4 Å². The molecular formula is C7H9F2N3O2S. The first-order chi connectivity index (χ1) is 6.92. The Morgan fingerprint density at radius 1 is 1.47 bits per heavy atom. The highest BCUT2D eigenvalue weighted by atomic mass is 32.2. The molecule has 0 unspecified atom stereocenters. The SMILES string of the molecule is Nc1ccc(S(=O)(=O)NCC(F)F)cn1. The monoisotopic (exact) mass is 237 g/mol. The van der Waals surface area contributed by atoms with E-state index in [1.54, 1.807) is 4.72 Å². The van der Waals surface area contributed by atoms with E-state index in [1.807, 2.05) is 0 Å².